The third-order valence-electron chi connectivity index (χ3n) is 3.44. The Kier molecular flexibility index (Phi) is 5.16. The molecule has 6 heteroatoms. The number of aromatic nitrogens is 3. The van der Waals surface area contributed by atoms with Gasteiger partial charge in [0.15, 0.2) is 11.5 Å². The Morgan fingerprint density at radius 1 is 1.19 bits per heavy atom. The summed E-state index contributed by atoms with van der Waals surface area (Å²) in [7, 11) is 7.12. The van der Waals surface area contributed by atoms with Crippen LogP contribution in [-0.4, -0.2) is 42.3 Å². The Balaban J connectivity index is 2.07. The van der Waals surface area contributed by atoms with Crippen molar-refractivity contribution in [2.24, 2.45) is 7.05 Å². The summed E-state index contributed by atoms with van der Waals surface area (Å²) in [5, 5.41) is 11.4. The Morgan fingerprint density at radius 2 is 1.95 bits per heavy atom. The maximum Gasteiger partial charge on any atom is 0.160 e. The van der Waals surface area contributed by atoms with Gasteiger partial charge in [0.25, 0.3) is 0 Å². The fourth-order valence-corrected chi connectivity index (χ4v) is 2.31. The van der Waals surface area contributed by atoms with Gasteiger partial charge in [-0.15, -0.1) is 5.10 Å². The van der Waals surface area contributed by atoms with Crippen LogP contribution in [0.1, 0.15) is 11.3 Å². The minimum Gasteiger partial charge on any atom is -0.493 e. The van der Waals surface area contributed by atoms with Gasteiger partial charge in [-0.1, -0.05) is 11.3 Å². The van der Waals surface area contributed by atoms with Crippen molar-refractivity contribution >= 4 is 0 Å². The van der Waals surface area contributed by atoms with E-state index in [2.05, 4.69) is 21.7 Å². The second-order valence-electron chi connectivity index (χ2n) is 4.97. The Hall–Kier alpha value is -2.08. The molecule has 114 valence electrons. The molecule has 0 aliphatic heterocycles. The molecule has 1 heterocycles. The highest BCUT2D eigenvalue weighted by molar-refractivity contribution is 5.43. The number of likely N-dealkylation sites (N-methyl/N-ethyl adjacent to an activating group) is 1. The number of benzene rings is 1. The van der Waals surface area contributed by atoms with Crippen molar-refractivity contribution in [1.29, 1.82) is 0 Å². The van der Waals surface area contributed by atoms with Crippen LogP contribution in [0.25, 0.3) is 0 Å². The van der Waals surface area contributed by atoms with Gasteiger partial charge < -0.3 is 14.8 Å². The van der Waals surface area contributed by atoms with E-state index in [1.165, 1.54) is 5.56 Å². The lowest BCUT2D eigenvalue weighted by Gasteiger charge is -2.16. The lowest BCUT2D eigenvalue weighted by molar-refractivity contribution is 0.354. The van der Waals surface area contributed by atoms with Gasteiger partial charge in [-0.05, 0) is 31.2 Å². The summed E-state index contributed by atoms with van der Waals surface area (Å²) in [6, 6.07) is 6.30. The highest BCUT2D eigenvalue weighted by Crippen LogP contribution is 2.28. The summed E-state index contributed by atoms with van der Waals surface area (Å²) in [4.78, 5) is 0. The molecule has 2 rings (SSSR count). The SMILES string of the molecule is CNC(Cc1ccc(OC)c(OC)c1)Cc1cn(C)nn1. The molecule has 1 unspecified atom stereocenters. The lowest BCUT2D eigenvalue weighted by Crippen LogP contribution is -2.30. The predicted molar refractivity (Wildman–Crippen MR) is 80.8 cm³/mol. The van der Waals surface area contributed by atoms with Crippen LogP contribution in [0.2, 0.25) is 0 Å². The standard InChI is InChI=1S/C15H22N4O2/c1-16-12(9-13-10-19(2)18-17-13)7-11-5-6-14(20-3)15(8-11)21-4/h5-6,8,10,12,16H,7,9H2,1-4H3. The van der Waals surface area contributed by atoms with Crippen molar-refractivity contribution in [2.75, 3.05) is 21.3 Å². The predicted octanol–water partition coefficient (Wildman–Crippen LogP) is 1.21. The molecule has 0 bridgehead atoms. The molecule has 1 aromatic carbocycles. The number of nitrogens with zero attached hydrogens (tertiary/aromatic N) is 3. The number of nitrogens with one attached hydrogen (secondary N) is 1. The molecule has 1 atom stereocenters. The summed E-state index contributed by atoms with van der Waals surface area (Å²) >= 11 is 0. The zero-order chi connectivity index (χ0) is 15.2. The van der Waals surface area contributed by atoms with Crippen molar-refractivity contribution in [3.63, 3.8) is 0 Å². The number of aryl methyl sites for hydroxylation is 1. The summed E-state index contributed by atoms with van der Waals surface area (Å²) in [6.45, 7) is 0. The van der Waals surface area contributed by atoms with Crippen LogP contribution < -0.4 is 14.8 Å². The Morgan fingerprint density at radius 3 is 2.52 bits per heavy atom. The van der Waals surface area contributed by atoms with Gasteiger partial charge in [-0.3, -0.25) is 4.68 Å². The fraction of sp³-hybridized carbons (Fsp3) is 0.467. The summed E-state index contributed by atoms with van der Waals surface area (Å²) < 4.78 is 12.3. The first kappa shape index (κ1) is 15.3. The van der Waals surface area contributed by atoms with E-state index in [0.717, 1.165) is 30.0 Å². The van der Waals surface area contributed by atoms with E-state index in [9.17, 15) is 0 Å². The lowest BCUT2D eigenvalue weighted by atomic mass is 10.0. The third kappa shape index (κ3) is 3.95. The number of rotatable bonds is 7. The van der Waals surface area contributed by atoms with Gasteiger partial charge in [0.2, 0.25) is 0 Å². The molecule has 0 saturated carbocycles. The molecule has 0 amide bonds. The van der Waals surface area contributed by atoms with E-state index in [-0.39, 0.29) is 0 Å². The van der Waals surface area contributed by atoms with E-state index < -0.39 is 0 Å². The molecule has 0 fully saturated rings. The normalized spacial score (nSPS) is 12.2. The van der Waals surface area contributed by atoms with Crippen LogP contribution in [-0.2, 0) is 19.9 Å². The van der Waals surface area contributed by atoms with Gasteiger partial charge in [-0.2, -0.15) is 0 Å². The van der Waals surface area contributed by atoms with Crippen molar-refractivity contribution in [3.8, 4) is 11.5 Å². The van der Waals surface area contributed by atoms with Crippen molar-refractivity contribution in [2.45, 2.75) is 18.9 Å². The zero-order valence-corrected chi connectivity index (χ0v) is 13.0. The molecule has 0 aliphatic rings. The van der Waals surface area contributed by atoms with Crippen molar-refractivity contribution in [1.82, 2.24) is 20.3 Å². The molecule has 6 nitrogen and oxygen atoms in total. The second kappa shape index (κ2) is 7.08. The number of ether oxygens (including phenoxy) is 2. The third-order valence-corrected chi connectivity index (χ3v) is 3.44. The Bertz CT molecular complexity index is 583. The van der Waals surface area contributed by atoms with Gasteiger partial charge in [0, 0.05) is 25.7 Å². The summed E-state index contributed by atoms with van der Waals surface area (Å²) in [5.74, 6) is 1.50. The van der Waals surface area contributed by atoms with Gasteiger partial charge >= 0.3 is 0 Å². The maximum atomic E-state index is 5.34. The summed E-state index contributed by atoms with van der Waals surface area (Å²) in [5.41, 5.74) is 2.17. The largest absolute Gasteiger partial charge is 0.493 e. The first-order valence-corrected chi connectivity index (χ1v) is 6.89. The molecule has 0 radical (unpaired) electrons. The molecule has 0 spiro atoms. The first-order valence-electron chi connectivity index (χ1n) is 6.89. The monoisotopic (exact) mass is 290 g/mol. The molecule has 21 heavy (non-hydrogen) atoms. The van der Waals surface area contributed by atoms with E-state index in [0.29, 0.717) is 6.04 Å². The average Bonchev–Trinajstić information content (AvgIpc) is 2.91. The number of hydrogen-bond donors (Lipinski definition) is 1. The molecule has 0 saturated heterocycles. The van der Waals surface area contributed by atoms with Crippen molar-refractivity contribution < 1.29 is 9.47 Å². The van der Waals surface area contributed by atoms with Gasteiger partial charge in [-0.25, -0.2) is 0 Å². The van der Waals surface area contributed by atoms with Crippen LogP contribution in [0.5, 0.6) is 11.5 Å². The van der Waals surface area contributed by atoms with Crippen LogP contribution in [0, 0.1) is 0 Å². The maximum absolute atomic E-state index is 5.34. The van der Waals surface area contributed by atoms with E-state index in [1.54, 1.807) is 18.9 Å². The van der Waals surface area contributed by atoms with Gasteiger partial charge in [0.1, 0.15) is 0 Å². The average molecular weight is 290 g/mol. The fourth-order valence-electron chi connectivity index (χ4n) is 2.31. The Labute approximate surface area is 125 Å². The first-order chi connectivity index (χ1) is 10.2. The highest BCUT2D eigenvalue weighted by atomic mass is 16.5. The molecular weight excluding hydrogens is 268 g/mol. The molecule has 1 N–H and O–H groups in total. The highest BCUT2D eigenvalue weighted by Gasteiger charge is 2.12. The zero-order valence-electron chi connectivity index (χ0n) is 13.0. The summed E-state index contributed by atoms with van der Waals surface area (Å²) in [6.07, 6.45) is 3.66. The topological polar surface area (TPSA) is 61.2 Å². The number of methoxy groups -OCH3 is 2. The van der Waals surface area contributed by atoms with Crippen LogP contribution in [0.4, 0.5) is 0 Å². The molecule has 0 aliphatic carbocycles. The van der Waals surface area contributed by atoms with Crippen LogP contribution in [0.3, 0.4) is 0 Å². The van der Waals surface area contributed by atoms with E-state index >= 15 is 0 Å². The second-order valence-corrected chi connectivity index (χ2v) is 4.97. The quantitative estimate of drug-likeness (QED) is 0.830. The smallest absolute Gasteiger partial charge is 0.160 e. The van der Waals surface area contributed by atoms with E-state index in [1.807, 2.05) is 32.4 Å². The van der Waals surface area contributed by atoms with Gasteiger partial charge in [0.05, 0.1) is 19.9 Å². The molecular formula is C15H22N4O2. The van der Waals surface area contributed by atoms with Crippen LogP contribution >= 0.6 is 0 Å². The minimum absolute atomic E-state index is 0.291. The number of hydrogen-bond acceptors (Lipinski definition) is 5. The van der Waals surface area contributed by atoms with Crippen molar-refractivity contribution in [3.05, 3.63) is 35.7 Å². The minimum atomic E-state index is 0.291. The van der Waals surface area contributed by atoms with Crippen LogP contribution in [0.15, 0.2) is 24.4 Å². The molecule has 2 aromatic rings. The van der Waals surface area contributed by atoms with E-state index in [4.69, 9.17) is 9.47 Å². The molecule has 1 aromatic heterocycles.